The second-order valence-electron chi connectivity index (χ2n) is 4.05. The van der Waals surface area contributed by atoms with Gasteiger partial charge in [-0.3, -0.25) is 9.45 Å². The van der Waals surface area contributed by atoms with Crippen molar-refractivity contribution in [2.75, 3.05) is 6.61 Å². The Morgan fingerprint density at radius 2 is 2.17 bits per heavy atom. The molecule has 6 heteroatoms. The van der Waals surface area contributed by atoms with Crippen LogP contribution in [0.25, 0.3) is 10.9 Å². The van der Waals surface area contributed by atoms with Crippen molar-refractivity contribution in [3.63, 3.8) is 0 Å². The summed E-state index contributed by atoms with van der Waals surface area (Å²) in [7, 11) is 0. The predicted octanol–water partition coefficient (Wildman–Crippen LogP) is 0.961. The van der Waals surface area contributed by atoms with E-state index in [0.29, 0.717) is 11.9 Å². The first-order valence-electron chi connectivity index (χ1n) is 5.48. The van der Waals surface area contributed by atoms with Gasteiger partial charge in [-0.2, -0.15) is 5.26 Å². The largest absolute Gasteiger partial charge is 0.449 e. The molecule has 1 atom stereocenters. The molecular formula is C12H14N2O4. The van der Waals surface area contributed by atoms with Gasteiger partial charge >= 0.3 is 6.09 Å². The average Bonchev–Trinajstić information content (AvgIpc) is 2.77. The number of rotatable bonds is 3. The van der Waals surface area contributed by atoms with Gasteiger partial charge in [0.2, 0.25) is 0 Å². The maximum absolute atomic E-state index is 11.4. The molecule has 0 amide bonds. The fourth-order valence-electron chi connectivity index (χ4n) is 1.95. The highest BCUT2D eigenvalue weighted by Crippen LogP contribution is 2.22. The first kappa shape index (κ1) is 12.6. The first-order chi connectivity index (χ1) is 8.67. The van der Waals surface area contributed by atoms with Crippen molar-refractivity contribution < 1.29 is 20.0 Å². The van der Waals surface area contributed by atoms with Gasteiger partial charge in [-0.05, 0) is 18.1 Å². The van der Waals surface area contributed by atoms with Crippen LogP contribution in [0, 0.1) is 0 Å². The van der Waals surface area contributed by atoms with Crippen molar-refractivity contribution >= 4 is 17.0 Å². The molecule has 2 rings (SSSR count). The summed E-state index contributed by atoms with van der Waals surface area (Å²) in [4.78, 5) is 15.1. The molecule has 0 unspecified atom stereocenters. The molecule has 4 N–H and O–H groups in total. The Balaban J connectivity index is 2.50. The standard InChI is InChI=1S/C12H14N2O4/c13-9(7-15)5-8-6-14(12(16)18-17)11-4-2-1-3-10(8)11/h1-4,6,9,15,17H,5,7,13H2/t9-/m0/s1. The molecule has 1 heterocycles. The third-order valence-electron chi connectivity index (χ3n) is 2.79. The fraction of sp³-hybridized carbons (Fsp3) is 0.250. The number of nitrogens with two attached hydrogens (primary N) is 1. The predicted molar refractivity (Wildman–Crippen MR) is 65.2 cm³/mol. The number of carbonyl (C=O) groups excluding carboxylic acids is 1. The normalized spacial score (nSPS) is 12.6. The Morgan fingerprint density at radius 1 is 1.44 bits per heavy atom. The minimum absolute atomic E-state index is 0.135. The Bertz CT molecular complexity index is 564. The van der Waals surface area contributed by atoms with Crippen molar-refractivity contribution in [3.05, 3.63) is 36.0 Å². The first-order valence-corrected chi connectivity index (χ1v) is 5.48. The van der Waals surface area contributed by atoms with Crippen LogP contribution >= 0.6 is 0 Å². The number of hydrogen-bond donors (Lipinski definition) is 3. The second kappa shape index (κ2) is 5.18. The topological polar surface area (TPSA) is 97.7 Å². The third-order valence-corrected chi connectivity index (χ3v) is 2.79. The number of aromatic nitrogens is 1. The molecule has 1 aromatic heterocycles. The van der Waals surface area contributed by atoms with E-state index in [9.17, 15) is 4.79 Å². The molecule has 1 aromatic carbocycles. The number of aliphatic hydroxyl groups is 1. The molecule has 2 aromatic rings. The number of para-hydroxylation sites is 1. The van der Waals surface area contributed by atoms with E-state index in [1.807, 2.05) is 12.1 Å². The Hall–Kier alpha value is -1.89. The van der Waals surface area contributed by atoms with Crippen molar-refractivity contribution in [2.24, 2.45) is 5.73 Å². The van der Waals surface area contributed by atoms with Gasteiger partial charge in [0.25, 0.3) is 0 Å². The van der Waals surface area contributed by atoms with Crippen LogP contribution in [0.2, 0.25) is 0 Å². The highest BCUT2D eigenvalue weighted by Gasteiger charge is 2.15. The van der Waals surface area contributed by atoms with Crippen LogP contribution in [0.5, 0.6) is 0 Å². The fourth-order valence-corrected chi connectivity index (χ4v) is 1.95. The quantitative estimate of drug-likeness (QED) is 0.556. The van der Waals surface area contributed by atoms with Crippen molar-refractivity contribution in [1.29, 1.82) is 0 Å². The average molecular weight is 250 g/mol. The number of nitrogens with zero attached hydrogens (tertiary/aromatic N) is 1. The van der Waals surface area contributed by atoms with Crippen LogP contribution in [0.3, 0.4) is 0 Å². The SMILES string of the molecule is N[C@H](CO)Cc1cn(C(=O)OO)c2ccccc12. The Kier molecular flexibility index (Phi) is 3.61. The maximum atomic E-state index is 11.4. The molecule has 0 saturated carbocycles. The van der Waals surface area contributed by atoms with Crippen LogP contribution in [-0.2, 0) is 11.3 Å². The highest BCUT2D eigenvalue weighted by molar-refractivity contribution is 5.91. The molecule has 0 aliphatic rings. The number of hydrogen-bond acceptors (Lipinski definition) is 5. The second-order valence-corrected chi connectivity index (χ2v) is 4.05. The number of benzene rings is 1. The summed E-state index contributed by atoms with van der Waals surface area (Å²) in [5.41, 5.74) is 7.13. The molecule has 0 radical (unpaired) electrons. The summed E-state index contributed by atoms with van der Waals surface area (Å²) < 4.78 is 1.20. The summed E-state index contributed by atoms with van der Waals surface area (Å²) in [6, 6.07) is 6.80. The molecule has 0 spiro atoms. The van der Waals surface area contributed by atoms with E-state index in [4.69, 9.17) is 16.1 Å². The molecule has 0 fully saturated rings. The highest BCUT2D eigenvalue weighted by atomic mass is 17.1. The lowest BCUT2D eigenvalue weighted by molar-refractivity contribution is -0.177. The molecule has 0 bridgehead atoms. The summed E-state index contributed by atoms with van der Waals surface area (Å²) >= 11 is 0. The van der Waals surface area contributed by atoms with E-state index < -0.39 is 12.1 Å². The zero-order valence-electron chi connectivity index (χ0n) is 9.61. The van der Waals surface area contributed by atoms with Gasteiger partial charge in [-0.1, -0.05) is 18.2 Å². The molecule has 0 saturated heterocycles. The van der Waals surface area contributed by atoms with Gasteiger partial charge in [0.1, 0.15) is 0 Å². The molecule has 6 nitrogen and oxygen atoms in total. The Labute approximate surface area is 103 Å². The van der Waals surface area contributed by atoms with Crippen LogP contribution in [0.15, 0.2) is 30.5 Å². The zero-order chi connectivity index (χ0) is 13.1. The molecular weight excluding hydrogens is 236 g/mol. The lowest BCUT2D eigenvalue weighted by atomic mass is 10.1. The molecule has 96 valence electrons. The molecule has 18 heavy (non-hydrogen) atoms. The number of fused-ring (bicyclic) bond motifs is 1. The van der Waals surface area contributed by atoms with Crippen molar-refractivity contribution in [3.8, 4) is 0 Å². The smallest absolute Gasteiger partial charge is 0.395 e. The minimum Gasteiger partial charge on any atom is -0.395 e. The number of aliphatic hydroxyl groups excluding tert-OH is 1. The van der Waals surface area contributed by atoms with Crippen LogP contribution in [0.4, 0.5) is 4.79 Å². The maximum Gasteiger partial charge on any atom is 0.449 e. The lowest BCUT2D eigenvalue weighted by Crippen LogP contribution is -2.26. The van der Waals surface area contributed by atoms with E-state index in [-0.39, 0.29) is 6.61 Å². The van der Waals surface area contributed by atoms with E-state index in [0.717, 1.165) is 10.9 Å². The van der Waals surface area contributed by atoms with E-state index in [1.165, 1.54) is 4.57 Å². The van der Waals surface area contributed by atoms with Gasteiger partial charge in [0.05, 0.1) is 12.1 Å². The van der Waals surface area contributed by atoms with Crippen LogP contribution in [0.1, 0.15) is 5.56 Å². The van der Waals surface area contributed by atoms with Crippen LogP contribution < -0.4 is 5.73 Å². The lowest BCUT2D eigenvalue weighted by Gasteiger charge is -2.05. The van der Waals surface area contributed by atoms with E-state index >= 15 is 0 Å². The molecule has 0 aliphatic carbocycles. The summed E-state index contributed by atoms with van der Waals surface area (Å²) in [5, 5.41) is 18.3. The molecule has 0 aliphatic heterocycles. The third kappa shape index (κ3) is 2.21. The summed E-state index contributed by atoms with van der Waals surface area (Å²) in [6.07, 6.45) is 1.11. The Morgan fingerprint density at radius 3 is 2.83 bits per heavy atom. The van der Waals surface area contributed by atoms with Gasteiger partial charge in [-0.15, -0.1) is 0 Å². The monoisotopic (exact) mass is 250 g/mol. The van der Waals surface area contributed by atoms with Gasteiger partial charge in [0.15, 0.2) is 0 Å². The summed E-state index contributed by atoms with van der Waals surface area (Å²) in [5.74, 6) is 0. The van der Waals surface area contributed by atoms with Gasteiger partial charge in [-0.25, -0.2) is 4.79 Å². The van der Waals surface area contributed by atoms with Crippen molar-refractivity contribution in [1.82, 2.24) is 4.57 Å². The number of carbonyl (C=O) groups is 1. The van der Waals surface area contributed by atoms with Gasteiger partial charge < -0.3 is 10.8 Å². The van der Waals surface area contributed by atoms with Gasteiger partial charge in [0, 0.05) is 17.6 Å². The van der Waals surface area contributed by atoms with E-state index in [1.54, 1.807) is 18.3 Å². The summed E-state index contributed by atoms with van der Waals surface area (Å²) in [6.45, 7) is -0.135. The minimum atomic E-state index is -0.880. The van der Waals surface area contributed by atoms with E-state index in [2.05, 4.69) is 4.89 Å². The van der Waals surface area contributed by atoms with Crippen molar-refractivity contribution in [2.45, 2.75) is 12.5 Å². The zero-order valence-corrected chi connectivity index (χ0v) is 9.61. The van der Waals surface area contributed by atoms with Crippen LogP contribution in [-0.4, -0.2) is 33.7 Å².